The fourth-order valence-electron chi connectivity index (χ4n) is 6.16. The van der Waals surface area contributed by atoms with E-state index < -0.39 is 90.1 Å². The molecule has 4 aromatic rings. The van der Waals surface area contributed by atoms with E-state index in [1.54, 1.807) is 66.7 Å². The molecule has 4 aromatic carbocycles. The number of benzene rings is 4. The van der Waals surface area contributed by atoms with Gasteiger partial charge in [-0.15, -0.1) is 0 Å². The predicted octanol–water partition coefficient (Wildman–Crippen LogP) is 3.59. The van der Waals surface area contributed by atoms with Crippen LogP contribution in [-0.4, -0.2) is 86.2 Å². The van der Waals surface area contributed by atoms with Crippen LogP contribution >= 0.6 is 0 Å². The average Bonchev–Trinajstić information content (AvgIpc) is 3.52. The third-order valence-electron chi connectivity index (χ3n) is 8.66. The number of carbonyl (C=O) groups is 4. The molecule has 2 N–H and O–H groups in total. The van der Waals surface area contributed by atoms with Gasteiger partial charge >= 0.3 is 28.3 Å². The van der Waals surface area contributed by atoms with Crippen LogP contribution in [0.4, 0.5) is 0 Å². The highest BCUT2D eigenvalue weighted by molar-refractivity contribution is 7.80. The minimum Gasteiger partial charge on any atom is -0.459 e. The third-order valence-corrected chi connectivity index (χ3v) is 9.16. The second-order valence-corrected chi connectivity index (χ2v) is 13.6. The molecule has 6 atom stereocenters. The molecular formula is C39H37NO14S. The molecule has 2 heterocycles. The summed E-state index contributed by atoms with van der Waals surface area (Å²) in [5, 5.41) is 2.72. The van der Waals surface area contributed by atoms with Crippen molar-refractivity contribution in [3.63, 3.8) is 0 Å². The van der Waals surface area contributed by atoms with Crippen LogP contribution in [0.5, 0.6) is 0 Å². The maximum atomic E-state index is 13.9. The van der Waals surface area contributed by atoms with Crippen molar-refractivity contribution in [3.05, 3.63) is 144 Å². The fourth-order valence-corrected chi connectivity index (χ4v) is 6.64. The summed E-state index contributed by atoms with van der Waals surface area (Å²) >= 11 is 0. The maximum absolute atomic E-state index is 13.9. The van der Waals surface area contributed by atoms with Crippen LogP contribution < -0.4 is 5.32 Å². The SMILES string of the molecule is O=C(COCc1ccccc1)N[C@H]1[C@H]2O[C@@](C(=O)OCc3ccccc3)(C[C@@H]1OC(=O)c1ccccc1)O[C@H]2[C@@H](COC(=O)c1ccccc1)OS(=O)(=O)O. The zero-order chi connectivity index (χ0) is 38.8. The Kier molecular flexibility index (Phi) is 12.7. The number of carbonyl (C=O) groups excluding carboxylic acids is 4. The van der Waals surface area contributed by atoms with Gasteiger partial charge in [-0.25, -0.2) is 18.6 Å². The number of amides is 1. The van der Waals surface area contributed by atoms with Gasteiger partial charge in [0.2, 0.25) is 5.91 Å². The van der Waals surface area contributed by atoms with E-state index in [-0.39, 0.29) is 24.3 Å². The first-order chi connectivity index (χ1) is 26.5. The first-order valence-electron chi connectivity index (χ1n) is 17.1. The van der Waals surface area contributed by atoms with Gasteiger partial charge in [0.15, 0.2) is 0 Å². The number of esters is 3. The van der Waals surface area contributed by atoms with Gasteiger partial charge in [-0.05, 0) is 35.4 Å². The highest BCUT2D eigenvalue weighted by Crippen LogP contribution is 2.44. The van der Waals surface area contributed by atoms with Crippen LogP contribution in [0.25, 0.3) is 0 Å². The smallest absolute Gasteiger partial charge is 0.397 e. The normalized spacial score (nSPS) is 22.2. The van der Waals surface area contributed by atoms with E-state index in [1.807, 2.05) is 30.3 Å². The van der Waals surface area contributed by atoms with Crippen molar-refractivity contribution in [2.45, 2.75) is 55.9 Å². The first kappa shape index (κ1) is 39.2. The number of rotatable bonds is 16. The molecule has 2 aliphatic heterocycles. The lowest BCUT2D eigenvalue weighted by Gasteiger charge is -2.39. The summed E-state index contributed by atoms with van der Waals surface area (Å²) < 4.78 is 74.0. The molecule has 2 fully saturated rings. The molecule has 1 amide bonds. The predicted molar refractivity (Wildman–Crippen MR) is 190 cm³/mol. The summed E-state index contributed by atoms with van der Waals surface area (Å²) in [4.78, 5) is 53.7. The minimum atomic E-state index is -5.27. The Hall–Kier alpha value is -5.49. The van der Waals surface area contributed by atoms with Crippen LogP contribution in [0, 0.1) is 0 Å². The van der Waals surface area contributed by atoms with Crippen molar-refractivity contribution in [2.75, 3.05) is 13.2 Å². The second kappa shape index (κ2) is 17.8. The van der Waals surface area contributed by atoms with E-state index in [4.69, 9.17) is 32.6 Å². The van der Waals surface area contributed by atoms with Gasteiger partial charge in [-0.3, -0.25) is 9.35 Å². The molecule has 0 saturated carbocycles. The number of nitrogens with one attached hydrogen (secondary N) is 1. The molecule has 0 unspecified atom stereocenters. The van der Waals surface area contributed by atoms with Crippen LogP contribution in [0.2, 0.25) is 0 Å². The van der Waals surface area contributed by atoms with Crippen molar-refractivity contribution >= 4 is 34.2 Å². The molecule has 0 spiro atoms. The van der Waals surface area contributed by atoms with Gasteiger partial charge in [-0.1, -0.05) is 97.1 Å². The lowest BCUT2D eigenvalue weighted by atomic mass is 9.91. The van der Waals surface area contributed by atoms with Crippen LogP contribution in [0.3, 0.4) is 0 Å². The summed E-state index contributed by atoms with van der Waals surface area (Å²) in [6.45, 7) is -1.45. The minimum absolute atomic E-state index is 0.0877. The molecule has 16 heteroatoms. The second-order valence-electron chi connectivity index (χ2n) is 12.6. The summed E-state index contributed by atoms with van der Waals surface area (Å²) in [5.74, 6) is -5.83. The van der Waals surface area contributed by atoms with Gasteiger partial charge in [0.1, 0.15) is 44.2 Å². The molecule has 2 bridgehead atoms. The Morgan fingerprint density at radius 1 is 0.745 bits per heavy atom. The van der Waals surface area contributed by atoms with E-state index >= 15 is 0 Å². The Morgan fingerprint density at radius 3 is 1.87 bits per heavy atom. The van der Waals surface area contributed by atoms with Crippen molar-refractivity contribution in [3.8, 4) is 0 Å². The van der Waals surface area contributed by atoms with Crippen LogP contribution in [0.1, 0.15) is 38.3 Å². The quantitative estimate of drug-likeness (QED) is 0.0951. The third kappa shape index (κ3) is 10.4. The summed E-state index contributed by atoms with van der Waals surface area (Å²) in [6.07, 6.45) is -6.99. The molecule has 0 radical (unpaired) electrons. The largest absolute Gasteiger partial charge is 0.459 e. The molecule has 0 aromatic heterocycles. The lowest BCUT2D eigenvalue weighted by molar-refractivity contribution is -0.239. The monoisotopic (exact) mass is 775 g/mol. The summed E-state index contributed by atoms with van der Waals surface area (Å²) in [6, 6.07) is 32.1. The van der Waals surface area contributed by atoms with Crippen molar-refractivity contribution in [1.29, 1.82) is 0 Å². The summed E-state index contributed by atoms with van der Waals surface area (Å²) in [5.41, 5.74) is 1.67. The van der Waals surface area contributed by atoms with E-state index in [1.165, 1.54) is 24.3 Å². The number of hydrogen-bond donors (Lipinski definition) is 2. The van der Waals surface area contributed by atoms with Crippen LogP contribution in [0.15, 0.2) is 121 Å². The molecule has 55 heavy (non-hydrogen) atoms. The lowest BCUT2D eigenvalue weighted by Crippen LogP contribution is -2.62. The Bertz CT molecular complexity index is 2040. The molecule has 2 saturated heterocycles. The Morgan fingerprint density at radius 2 is 1.29 bits per heavy atom. The average molecular weight is 776 g/mol. The Balaban J connectivity index is 1.32. The standard InChI is InChI=1S/C39H37NO14S/c41-32(25-48-22-26-13-5-1-6-14-26)40-33-30(51-37(43)29-19-11-4-12-20-29)21-39(38(44)50-23-27-15-7-2-8-16-27)52-34(35(33)53-39)31(54-55(45,46)47)24-49-36(42)28-17-9-3-10-18-28/h1-20,30-31,33-35H,21-25H2,(H,40,41)(H,45,46,47)/t30-,31+,33+,34-,35+,39+/m0/s1. The first-order valence-corrected chi connectivity index (χ1v) is 18.5. The summed E-state index contributed by atoms with van der Waals surface area (Å²) in [7, 11) is -5.27. The fraction of sp³-hybridized carbons (Fsp3) is 0.282. The zero-order valence-electron chi connectivity index (χ0n) is 29.1. The van der Waals surface area contributed by atoms with Crippen molar-refractivity contribution < 1.29 is 64.8 Å². The van der Waals surface area contributed by atoms with Gasteiger partial charge in [0.05, 0.1) is 30.2 Å². The molecule has 6 rings (SSSR count). The highest BCUT2D eigenvalue weighted by atomic mass is 32.3. The highest BCUT2D eigenvalue weighted by Gasteiger charge is 2.66. The number of fused-ring (bicyclic) bond motifs is 2. The molecule has 0 aliphatic carbocycles. The van der Waals surface area contributed by atoms with E-state index in [9.17, 15) is 32.1 Å². The topological polar surface area (TPSA) is 199 Å². The van der Waals surface area contributed by atoms with Gasteiger partial charge in [-0.2, -0.15) is 8.42 Å². The Labute approximate surface area is 316 Å². The van der Waals surface area contributed by atoms with E-state index in [2.05, 4.69) is 5.32 Å². The van der Waals surface area contributed by atoms with Crippen LogP contribution in [-0.2, 0) is 65.8 Å². The maximum Gasteiger partial charge on any atom is 0.397 e. The van der Waals surface area contributed by atoms with E-state index in [0.29, 0.717) is 5.56 Å². The molecular weight excluding hydrogens is 738 g/mol. The van der Waals surface area contributed by atoms with E-state index in [0.717, 1.165) is 5.56 Å². The molecule has 2 aliphatic rings. The number of hydrogen-bond acceptors (Lipinski definition) is 13. The molecule has 288 valence electrons. The molecule has 15 nitrogen and oxygen atoms in total. The zero-order valence-corrected chi connectivity index (χ0v) is 29.9. The van der Waals surface area contributed by atoms with Crippen molar-refractivity contribution in [2.24, 2.45) is 0 Å². The van der Waals surface area contributed by atoms with Crippen molar-refractivity contribution in [1.82, 2.24) is 5.32 Å². The van der Waals surface area contributed by atoms with Gasteiger partial charge in [0.25, 0.3) is 5.79 Å². The van der Waals surface area contributed by atoms with Gasteiger partial charge in [0, 0.05) is 0 Å². The number of ether oxygens (including phenoxy) is 6. The van der Waals surface area contributed by atoms with Gasteiger partial charge < -0.3 is 33.7 Å².